The first-order valence-electron chi connectivity index (χ1n) is 13.2. The molecule has 0 saturated carbocycles. The van der Waals surface area contributed by atoms with E-state index in [1.165, 1.54) is 24.3 Å². The normalized spacial score (nSPS) is 13.7. The number of phenols is 2. The monoisotopic (exact) mass is 594 g/mol. The third-order valence-electron chi connectivity index (χ3n) is 6.45. The lowest BCUT2D eigenvalue weighted by atomic mass is 10.0. The molecule has 0 fully saturated rings. The Labute approximate surface area is 248 Å². The van der Waals surface area contributed by atoms with Crippen LogP contribution in [0.2, 0.25) is 0 Å². The summed E-state index contributed by atoms with van der Waals surface area (Å²) in [6.07, 6.45) is 0.203. The van der Waals surface area contributed by atoms with Crippen LogP contribution in [0.5, 0.6) is 11.5 Å². The van der Waals surface area contributed by atoms with E-state index in [2.05, 4.69) is 28.6 Å². The second-order valence-electron chi connectivity index (χ2n) is 9.74. The quantitative estimate of drug-likeness (QED) is 0.126. The van der Waals surface area contributed by atoms with Crippen LogP contribution >= 0.6 is 12.6 Å². The number of rotatable bonds is 14. The number of amides is 3. The minimum atomic E-state index is -1.31. The maximum absolute atomic E-state index is 13.4. The second kappa shape index (κ2) is 15.5. The van der Waals surface area contributed by atoms with Gasteiger partial charge in [-0.1, -0.05) is 54.6 Å². The zero-order chi connectivity index (χ0) is 30.6. The number of hydrogen-bond donors (Lipinski definition) is 8. The minimum absolute atomic E-state index is 0.0194. The Morgan fingerprint density at radius 1 is 0.619 bits per heavy atom. The molecule has 0 heterocycles. The van der Waals surface area contributed by atoms with Gasteiger partial charge in [-0.2, -0.15) is 12.6 Å². The van der Waals surface area contributed by atoms with Gasteiger partial charge < -0.3 is 37.0 Å². The van der Waals surface area contributed by atoms with Crippen LogP contribution in [0, 0.1) is 0 Å². The Morgan fingerprint density at radius 2 is 1.05 bits per heavy atom. The van der Waals surface area contributed by atoms with Crippen LogP contribution in [0.15, 0.2) is 78.9 Å². The highest BCUT2D eigenvalue weighted by atomic mass is 32.1. The number of aromatic hydroxyl groups is 2. The predicted molar refractivity (Wildman–Crippen MR) is 159 cm³/mol. The molecule has 0 bridgehead atoms. The van der Waals surface area contributed by atoms with E-state index < -0.39 is 47.9 Å². The van der Waals surface area contributed by atoms with Crippen molar-refractivity contribution in [1.82, 2.24) is 16.0 Å². The summed E-state index contributed by atoms with van der Waals surface area (Å²) in [5.41, 5.74) is 8.14. The zero-order valence-corrected chi connectivity index (χ0v) is 23.5. The summed E-state index contributed by atoms with van der Waals surface area (Å²) < 4.78 is 0. The van der Waals surface area contributed by atoms with Gasteiger partial charge in [0.2, 0.25) is 17.7 Å². The van der Waals surface area contributed by atoms with Crippen LogP contribution in [0.3, 0.4) is 0 Å². The number of carboxylic acids is 1. The van der Waals surface area contributed by atoms with Crippen molar-refractivity contribution in [3.63, 3.8) is 0 Å². The van der Waals surface area contributed by atoms with Crippen molar-refractivity contribution in [3.05, 3.63) is 95.6 Å². The predicted octanol–water partition coefficient (Wildman–Crippen LogP) is 0.922. The summed E-state index contributed by atoms with van der Waals surface area (Å²) in [5, 5.41) is 36.2. The number of nitrogens with one attached hydrogen (secondary N) is 3. The maximum atomic E-state index is 13.4. The molecule has 42 heavy (non-hydrogen) atoms. The molecule has 222 valence electrons. The molecule has 0 saturated heterocycles. The Hall–Kier alpha value is -4.55. The molecular weight excluding hydrogens is 560 g/mol. The highest BCUT2D eigenvalue weighted by Gasteiger charge is 2.30. The van der Waals surface area contributed by atoms with Gasteiger partial charge in [-0.3, -0.25) is 14.4 Å². The second-order valence-corrected chi connectivity index (χ2v) is 10.1. The van der Waals surface area contributed by atoms with Gasteiger partial charge >= 0.3 is 5.97 Å². The minimum Gasteiger partial charge on any atom is -0.508 e. The van der Waals surface area contributed by atoms with Crippen LogP contribution in [0.25, 0.3) is 0 Å². The molecule has 11 nitrogen and oxygen atoms in total. The third-order valence-corrected chi connectivity index (χ3v) is 6.82. The van der Waals surface area contributed by atoms with E-state index in [-0.39, 0.29) is 36.5 Å². The summed E-state index contributed by atoms with van der Waals surface area (Å²) in [7, 11) is 0. The standard InChI is InChI=1S/C30H34N4O7S/c31-23(14-19-6-10-21(35)11-7-19)27(37)32-24(15-18-4-2-1-3-5-18)28(38)34-26(17-42)29(39)33-25(30(40)41)16-20-8-12-22(36)13-9-20/h1-13,23-26,35-36,42H,14-17,31H2,(H,32,37)(H,33,39)(H,34,38)(H,40,41). The smallest absolute Gasteiger partial charge is 0.326 e. The number of carboxylic acid groups (broad SMARTS) is 1. The highest BCUT2D eigenvalue weighted by molar-refractivity contribution is 7.80. The largest absolute Gasteiger partial charge is 0.508 e. The summed E-state index contributed by atoms with van der Waals surface area (Å²) >= 11 is 4.17. The van der Waals surface area contributed by atoms with E-state index in [0.717, 1.165) is 5.56 Å². The van der Waals surface area contributed by atoms with Crippen LogP contribution in [-0.4, -0.2) is 68.9 Å². The lowest BCUT2D eigenvalue weighted by Gasteiger charge is -2.25. The van der Waals surface area contributed by atoms with Crippen molar-refractivity contribution in [3.8, 4) is 11.5 Å². The summed E-state index contributed by atoms with van der Waals surface area (Å²) in [5.74, 6) is -3.36. The van der Waals surface area contributed by atoms with Gasteiger partial charge in [-0.25, -0.2) is 4.79 Å². The average Bonchev–Trinajstić information content (AvgIpc) is 2.97. The van der Waals surface area contributed by atoms with E-state index in [4.69, 9.17) is 5.73 Å². The van der Waals surface area contributed by atoms with Crippen LogP contribution in [0.4, 0.5) is 0 Å². The number of benzene rings is 3. The Kier molecular flexibility index (Phi) is 11.8. The van der Waals surface area contributed by atoms with Crippen LogP contribution in [-0.2, 0) is 38.4 Å². The fraction of sp³-hybridized carbons (Fsp3) is 0.267. The number of carbonyl (C=O) groups excluding carboxylic acids is 3. The summed E-state index contributed by atoms with van der Waals surface area (Å²) in [6.45, 7) is 0. The molecule has 4 unspecified atom stereocenters. The van der Waals surface area contributed by atoms with Crippen molar-refractivity contribution >= 4 is 36.3 Å². The first kappa shape index (κ1) is 32.0. The molecule has 3 aromatic carbocycles. The fourth-order valence-electron chi connectivity index (χ4n) is 4.12. The number of carbonyl (C=O) groups is 4. The van der Waals surface area contributed by atoms with E-state index in [0.29, 0.717) is 11.1 Å². The van der Waals surface area contributed by atoms with Gasteiger partial charge in [0.25, 0.3) is 0 Å². The molecule has 12 heteroatoms. The Bertz CT molecular complexity index is 1350. The molecule has 0 spiro atoms. The fourth-order valence-corrected chi connectivity index (χ4v) is 4.38. The maximum Gasteiger partial charge on any atom is 0.326 e. The van der Waals surface area contributed by atoms with Gasteiger partial charge in [0, 0.05) is 18.6 Å². The molecular formula is C30H34N4O7S. The van der Waals surface area contributed by atoms with Crippen LogP contribution < -0.4 is 21.7 Å². The lowest BCUT2D eigenvalue weighted by molar-refractivity contribution is -0.142. The van der Waals surface area contributed by atoms with Crippen LogP contribution in [0.1, 0.15) is 16.7 Å². The molecule has 3 rings (SSSR count). The number of nitrogens with two attached hydrogens (primary N) is 1. The third kappa shape index (κ3) is 9.82. The van der Waals surface area contributed by atoms with Crippen molar-refractivity contribution < 1.29 is 34.5 Å². The zero-order valence-electron chi connectivity index (χ0n) is 22.6. The van der Waals surface area contributed by atoms with E-state index in [9.17, 15) is 34.5 Å². The average molecular weight is 595 g/mol. The molecule has 0 radical (unpaired) electrons. The lowest BCUT2D eigenvalue weighted by Crippen LogP contribution is -2.58. The number of aliphatic carboxylic acids is 1. The summed E-state index contributed by atoms with van der Waals surface area (Å²) in [6, 6.07) is 16.5. The van der Waals surface area contributed by atoms with Crippen molar-refractivity contribution in [2.24, 2.45) is 5.73 Å². The van der Waals surface area contributed by atoms with Crippen molar-refractivity contribution in [1.29, 1.82) is 0 Å². The molecule has 3 amide bonds. The molecule has 3 aromatic rings. The van der Waals surface area contributed by atoms with Crippen molar-refractivity contribution in [2.45, 2.75) is 43.4 Å². The molecule has 0 aliphatic rings. The van der Waals surface area contributed by atoms with E-state index >= 15 is 0 Å². The molecule has 8 N–H and O–H groups in total. The first-order chi connectivity index (χ1) is 20.0. The van der Waals surface area contributed by atoms with E-state index in [1.807, 2.05) is 6.07 Å². The van der Waals surface area contributed by atoms with Gasteiger partial charge in [0.1, 0.15) is 29.6 Å². The van der Waals surface area contributed by atoms with Crippen molar-refractivity contribution in [2.75, 3.05) is 5.75 Å². The Morgan fingerprint density at radius 3 is 1.57 bits per heavy atom. The molecule has 4 atom stereocenters. The molecule has 0 aliphatic heterocycles. The van der Waals surface area contributed by atoms with E-state index in [1.54, 1.807) is 48.5 Å². The SMILES string of the molecule is NC(Cc1ccc(O)cc1)C(=O)NC(Cc1ccccc1)C(=O)NC(CS)C(=O)NC(Cc1ccc(O)cc1)C(=O)O. The molecule has 0 aromatic heterocycles. The number of hydrogen-bond acceptors (Lipinski definition) is 8. The van der Waals surface area contributed by atoms with Gasteiger partial charge in [0.15, 0.2) is 0 Å². The summed E-state index contributed by atoms with van der Waals surface area (Å²) in [4.78, 5) is 51.2. The van der Waals surface area contributed by atoms with Gasteiger partial charge in [-0.05, 0) is 47.4 Å². The van der Waals surface area contributed by atoms with Gasteiger partial charge in [0.05, 0.1) is 6.04 Å². The number of phenolic OH excluding ortho intramolecular Hbond substituents is 2. The number of thiol groups is 1. The Balaban J connectivity index is 1.69. The first-order valence-corrected chi connectivity index (χ1v) is 13.8. The topological polar surface area (TPSA) is 191 Å². The highest BCUT2D eigenvalue weighted by Crippen LogP contribution is 2.13. The van der Waals surface area contributed by atoms with Gasteiger partial charge in [-0.15, -0.1) is 0 Å². The molecule has 0 aliphatic carbocycles.